The van der Waals surface area contributed by atoms with Gasteiger partial charge < -0.3 is 10.1 Å². The van der Waals surface area contributed by atoms with E-state index < -0.39 is 15.9 Å². The normalized spacial score (nSPS) is 16.8. The number of nitrogens with one attached hydrogen (secondary N) is 1. The summed E-state index contributed by atoms with van der Waals surface area (Å²) in [7, 11) is -3.64. The first kappa shape index (κ1) is 23.5. The van der Waals surface area contributed by atoms with E-state index in [4.69, 9.17) is 4.74 Å². The van der Waals surface area contributed by atoms with E-state index in [0.29, 0.717) is 37.4 Å². The fraction of sp³-hybridized carbons (Fsp3) is 0.240. The number of rotatable bonds is 7. The highest BCUT2D eigenvalue weighted by atomic mass is 79.9. The zero-order valence-electron chi connectivity index (χ0n) is 18.0. The van der Waals surface area contributed by atoms with Crippen LogP contribution in [0.1, 0.15) is 18.4 Å². The number of amides is 1. The number of anilines is 1. The highest BCUT2D eigenvalue weighted by Crippen LogP contribution is 2.26. The van der Waals surface area contributed by atoms with Crippen LogP contribution in [0, 0.1) is 5.92 Å². The van der Waals surface area contributed by atoms with Gasteiger partial charge in [0.15, 0.2) is 0 Å². The summed E-state index contributed by atoms with van der Waals surface area (Å²) in [6.45, 7) is 1.05. The van der Waals surface area contributed by atoms with Crippen LogP contribution in [0.2, 0.25) is 0 Å². The number of carbonyl (C=O) groups excluding carboxylic acids is 1. The van der Waals surface area contributed by atoms with Gasteiger partial charge in [0.1, 0.15) is 12.4 Å². The molecule has 0 saturated carbocycles. The Bertz CT molecular complexity index is 1180. The Balaban J connectivity index is 1.34. The lowest BCUT2D eigenvalue weighted by Crippen LogP contribution is -2.43. The van der Waals surface area contributed by atoms with Crippen LogP contribution in [-0.4, -0.2) is 31.7 Å². The summed E-state index contributed by atoms with van der Waals surface area (Å²) >= 11 is 3.32. The van der Waals surface area contributed by atoms with Gasteiger partial charge in [-0.05, 0) is 66.9 Å². The number of sulfonamides is 1. The second-order valence-corrected chi connectivity index (χ2v) is 10.8. The number of ether oxygens (including phenoxy) is 1. The molecule has 0 spiro atoms. The lowest BCUT2D eigenvalue weighted by molar-refractivity contribution is -0.120. The van der Waals surface area contributed by atoms with E-state index in [9.17, 15) is 13.2 Å². The van der Waals surface area contributed by atoms with Crippen molar-refractivity contribution in [2.24, 2.45) is 5.92 Å². The van der Waals surface area contributed by atoms with Crippen LogP contribution in [-0.2, 0) is 21.4 Å². The van der Waals surface area contributed by atoms with E-state index in [1.165, 1.54) is 4.31 Å². The molecule has 33 heavy (non-hydrogen) atoms. The van der Waals surface area contributed by atoms with E-state index in [0.717, 1.165) is 10.0 Å². The van der Waals surface area contributed by atoms with Gasteiger partial charge in [0.2, 0.25) is 15.9 Å². The Hall–Kier alpha value is -2.68. The van der Waals surface area contributed by atoms with Crippen LogP contribution in [0.4, 0.5) is 5.69 Å². The maximum Gasteiger partial charge on any atom is 0.243 e. The first-order valence-corrected chi connectivity index (χ1v) is 13.0. The molecule has 172 valence electrons. The third-order valence-corrected chi connectivity index (χ3v) is 7.98. The first-order valence-electron chi connectivity index (χ1n) is 10.8. The molecule has 1 fully saturated rings. The molecule has 4 rings (SSSR count). The standard InChI is InChI=1S/C25H25BrN2O4S/c26-21-8-14-24(15-9-21)33(30,31)28-16-4-7-20(17-28)25(29)27-22-10-12-23(13-11-22)32-18-19-5-2-1-3-6-19/h1-3,5-6,8-15,20H,4,7,16-18H2,(H,27,29)/t20-/m0/s1. The fourth-order valence-corrected chi connectivity index (χ4v) is 5.54. The Morgan fingerprint density at radius 2 is 1.70 bits per heavy atom. The molecule has 3 aromatic rings. The average molecular weight is 529 g/mol. The smallest absolute Gasteiger partial charge is 0.243 e. The Kier molecular flexibility index (Phi) is 7.47. The largest absolute Gasteiger partial charge is 0.489 e. The van der Waals surface area contributed by atoms with Crippen molar-refractivity contribution in [3.63, 3.8) is 0 Å². The Labute approximate surface area is 202 Å². The fourth-order valence-electron chi connectivity index (χ4n) is 3.75. The topological polar surface area (TPSA) is 75.7 Å². The highest BCUT2D eigenvalue weighted by molar-refractivity contribution is 9.10. The van der Waals surface area contributed by atoms with Crippen molar-refractivity contribution in [1.29, 1.82) is 0 Å². The second-order valence-electron chi connectivity index (χ2n) is 7.94. The van der Waals surface area contributed by atoms with Crippen molar-refractivity contribution in [1.82, 2.24) is 4.31 Å². The summed E-state index contributed by atoms with van der Waals surface area (Å²) in [5.41, 5.74) is 1.73. The van der Waals surface area contributed by atoms with Crippen LogP contribution in [0.15, 0.2) is 88.2 Å². The molecule has 6 nitrogen and oxygen atoms in total. The molecule has 1 aliphatic heterocycles. The van der Waals surface area contributed by atoms with E-state index >= 15 is 0 Å². The zero-order valence-corrected chi connectivity index (χ0v) is 20.4. The van der Waals surface area contributed by atoms with E-state index in [2.05, 4.69) is 21.2 Å². The van der Waals surface area contributed by atoms with Gasteiger partial charge in [-0.1, -0.05) is 46.3 Å². The van der Waals surface area contributed by atoms with Gasteiger partial charge in [0, 0.05) is 23.2 Å². The number of carbonyl (C=O) groups is 1. The molecule has 0 unspecified atom stereocenters. The third kappa shape index (κ3) is 6.01. The molecule has 8 heteroatoms. The van der Waals surface area contributed by atoms with Gasteiger partial charge >= 0.3 is 0 Å². The van der Waals surface area contributed by atoms with Gasteiger partial charge in [-0.15, -0.1) is 0 Å². The van der Waals surface area contributed by atoms with Crippen LogP contribution >= 0.6 is 15.9 Å². The molecule has 1 N–H and O–H groups in total. The second kappa shape index (κ2) is 10.5. The maximum absolute atomic E-state index is 13.0. The molecule has 3 aromatic carbocycles. The number of hydrogen-bond donors (Lipinski definition) is 1. The first-order chi connectivity index (χ1) is 15.9. The molecule has 0 bridgehead atoms. The van der Waals surface area contributed by atoms with Crippen molar-refractivity contribution in [2.75, 3.05) is 18.4 Å². The molecule has 1 atom stereocenters. The predicted octanol–water partition coefficient (Wildman–Crippen LogP) is 5.07. The van der Waals surface area contributed by atoms with Crippen LogP contribution in [0.3, 0.4) is 0 Å². The number of hydrogen-bond acceptors (Lipinski definition) is 4. The minimum Gasteiger partial charge on any atom is -0.489 e. The summed E-state index contributed by atoms with van der Waals surface area (Å²) in [5.74, 6) is 0.128. The minimum atomic E-state index is -3.64. The summed E-state index contributed by atoms with van der Waals surface area (Å²) in [6, 6.07) is 23.6. The lowest BCUT2D eigenvalue weighted by Gasteiger charge is -2.31. The predicted molar refractivity (Wildman–Crippen MR) is 131 cm³/mol. The van der Waals surface area contributed by atoms with Crippen molar-refractivity contribution < 1.29 is 17.9 Å². The molecule has 1 aliphatic rings. The minimum absolute atomic E-state index is 0.169. The van der Waals surface area contributed by atoms with Crippen molar-refractivity contribution in [2.45, 2.75) is 24.3 Å². The van der Waals surface area contributed by atoms with Crippen molar-refractivity contribution in [3.05, 3.63) is 88.9 Å². The van der Waals surface area contributed by atoms with E-state index in [1.54, 1.807) is 36.4 Å². The Morgan fingerprint density at radius 3 is 2.39 bits per heavy atom. The quantitative estimate of drug-likeness (QED) is 0.464. The molecular formula is C25H25BrN2O4S. The lowest BCUT2D eigenvalue weighted by atomic mass is 9.99. The van der Waals surface area contributed by atoms with Crippen LogP contribution < -0.4 is 10.1 Å². The maximum atomic E-state index is 13.0. The van der Waals surface area contributed by atoms with Gasteiger partial charge in [-0.2, -0.15) is 4.31 Å². The molecule has 0 aliphatic carbocycles. The van der Waals surface area contributed by atoms with E-state index in [-0.39, 0.29) is 17.3 Å². The van der Waals surface area contributed by atoms with E-state index in [1.807, 2.05) is 42.5 Å². The van der Waals surface area contributed by atoms with Gasteiger partial charge in [0.25, 0.3) is 0 Å². The van der Waals surface area contributed by atoms with Gasteiger partial charge in [0.05, 0.1) is 10.8 Å². The number of piperidine rings is 1. The highest BCUT2D eigenvalue weighted by Gasteiger charge is 2.33. The van der Waals surface area contributed by atoms with Crippen molar-refractivity contribution in [3.8, 4) is 5.75 Å². The summed E-state index contributed by atoms with van der Waals surface area (Å²) < 4.78 is 34.0. The monoisotopic (exact) mass is 528 g/mol. The summed E-state index contributed by atoms with van der Waals surface area (Å²) in [6.07, 6.45) is 1.29. The van der Waals surface area contributed by atoms with Gasteiger partial charge in [-0.3, -0.25) is 4.79 Å². The molecule has 0 radical (unpaired) electrons. The third-order valence-electron chi connectivity index (χ3n) is 5.58. The molecule has 1 heterocycles. The SMILES string of the molecule is O=C(Nc1ccc(OCc2ccccc2)cc1)[C@H]1CCCN(S(=O)(=O)c2ccc(Br)cc2)C1. The van der Waals surface area contributed by atoms with Gasteiger partial charge in [-0.25, -0.2) is 8.42 Å². The number of benzene rings is 3. The number of nitrogens with zero attached hydrogens (tertiary/aromatic N) is 1. The molecule has 1 saturated heterocycles. The average Bonchev–Trinajstić information content (AvgIpc) is 2.84. The number of halogens is 1. The molecular weight excluding hydrogens is 504 g/mol. The summed E-state index contributed by atoms with van der Waals surface area (Å²) in [4.78, 5) is 13.1. The van der Waals surface area contributed by atoms with Crippen LogP contribution in [0.5, 0.6) is 5.75 Å². The zero-order chi connectivity index (χ0) is 23.3. The molecule has 1 amide bonds. The summed E-state index contributed by atoms with van der Waals surface area (Å²) in [5, 5.41) is 2.91. The molecule has 0 aromatic heterocycles. The Morgan fingerprint density at radius 1 is 1.00 bits per heavy atom. The van der Waals surface area contributed by atoms with Crippen LogP contribution in [0.25, 0.3) is 0 Å². The van der Waals surface area contributed by atoms with Crippen molar-refractivity contribution >= 4 is 37.5 Å².